The molecule has 3 aromatic carbocycles. The first-order chi connectivity index (χ1) is 20.0. The normalized spacial score (nSPS) is 21.9. The van der Waals surface area contributed by atoms with Gasteiger partial charge in [-0.1, -0.05) is 117 Å². The Labute approximate surface area is 244 Å². The van der Waals surface area contributed by atoms with Gasteiger partial charge in [0.05, 0.1) is 24.4 Å². The Morgan fingerprint density at radius 1 is 0.829 bits per heavy atom. The van der Waals surface area contributed by atoms with E-state index in [1.807, 2.05) is 84.9 Å². The van der Waals surface area contributed by atoms with Crippen LogP contribution in [0.5, 0.6) is 0 Å². The predicted molar refractivity (Wildman–Crippen MR) is 162 cm³/mol. The molecule has 5 heteroatoms. The van der Waals surface area contributed by atoms with Crippen LogP contribution in [-0.2, 0) is 17.6 Å². The molecule has 0 bridgehead atoms. The molecule has 0 saturated heterocycles. The SMILES string of the molecule is O=C(N[C@H]1c2ccccc2C[C@H]1O)[C@H](Cc1ccccc1)C[C@H](O)[C@H](CC1CCCCC1)CC(O)c1ccccc1. The molecule has 1 amide bonds. The Morgan fingerprint density at radius 3 is 2.22 bits per heavy atom. The highest BCUT2D eigenvalue weighted by atomic mass is 16.3. The van der Waals surface area contributed by atoms with Gasteiger partial charge in [-0.25, -0.2) is 0 Å². The smallest absolute Gasteiger partial charge is 0.224 e. The second kappa shape index (κ2) is 14.3. The lowest BCUT2D eigenvalue weighted by atomic mass is 9.76. The number of hydrogen-bond acceptors (Lipinski definition) is 4. The van der Waals surface area contributed by atoms with Gasteiger partial charge in [0.15, 0.2) is 0 Å². The summed E-state index contributed by atoms with van der Waals surface area (Å²) in [6.07, 6.45) is 6.65. The van der Waals surface area contributed by atoms with Gasteiger partial charge in [0.2, 0.25) is 5.91 Å². The number of aliphatic hydroxyl groups excluding tert-OH is 3. The molecular formula is C36H45NO4. The maximum absolute atomic E-state index is 13.9. The van der Waals surface area contributed by atoms with Crippen molar-refractivity contribution < 1.29 is 20.1 Å². The summed E-state index contributed by atoms with van der Waals surface area (Å²) < 4.78 is 0. The predicted octanol–water partition coefficient (Wildman–Crippen LogP) is 6.08. The van der Waals surface area contributed by atoms with Crippen molar-refractivity contribution in [2.75, 3.05) is 0 Å². The number of rotatable bonds is 12. The molecule has 0 spiro atoms. The van der Waals surface area contributed by atoms with Crippen LogP contribution in [0.4, 0.5) is 0 Å². The lowest BCUT2D eigenvalue weighted by Crippen LogP contribution is -2.40. The van der Waals surface area contributed by atoms with E-state index in [-0.39, 0.29) is 11.8 Å². The minimum absolute atomic E-state index is 0.114. The summed E-state index contributed by atoms with van der Waals surface area (Å²) in [6, 6.07) is 27.0. The second-order valence-corrected chi connectivity index (χ2v) is 12.3. The topological polar surface area (TPSA) is 89.8 Å². The van der Waals surface area contributed by atoms with E-state index in [1.54, 1.807) is 0 Å². The Hall–Kier alpha value is -2.99. The summed E-state index contributed by atoms with van der Waals surface area (Å²) in [7, 11) is 0. The lowest BCUT2D eigenvalue weighted by Gasteiger charge is -2.32. The van der Waals surface area contributed by atoms with Gasteiger partial charge >= 0.3 is 0 Å². The standard InChI is InChI=1S/C36H45NO4/c38-32(27-16-8-3-9-17-27)23-29(20-25-12-4-1-5-13-25)33(39)24-30(21-26-14-6-2-7-15-26)36(41)37-35-31-19-11-10-18-28(31)22-34(35)40/h2-3,6-11,14-19,25,29-30,32-35,38-40H,1,4-5,12-13,20-24H2,(H,37,41)/t29-,30-,32?,33+,34-,35+/m1/s1. The van der Waals surface area contributed by atoms with E-state index < -0.39 is 30.3 Å². The monoisotopic (exact) mass is 555 g/mol. The van der Waals surface area contributed by atoms with Gasteiger partial charge in [-0.05, 0) is 59.8 Å². The molecule has 1 saturated carbocycles. The molecule has 3 aromatic rings. The Balaban J connectivity index is 1.34. The molecule has 1 unspecified atom stereocenters. The van der Waals surface area contributed by atoms with E-state index in [0.717, 1.165) is 41.5 Å². The van der Waals surface area contributed by atoms with Gasteiger partial charge in [0.1, 0.15) is 0 Å². The number of carbonyl (C=O) groups is 1. The van der Waals surface area contributed by atoms with Crippen LogP contribution in [0.3, 0.4) is 0 Å². The van der Waals surface area contributed by atoms with Gasteiger partial charge in [-0.2, -0.15) is 0 Å². The quantitative estimate of drug-likeness (QED) is 0.218. The van der Waals surface area contributed by atoms with Crippen LogP contribution in [0.1, 0.15) is 85.8 Å². The van der Waals surface area contributed by atoms with E-state index in [2.05, 4.69) is 5.32 Å². The molecule has 2 aliphatic carbocycles. The minimum atomic E-state index is -0.726. The minimum Gasteiger partial charge on any atom is -0.393 e. The lowest BCUT2D eigenvalue weighted by molar-refractivity contribution is -0.128. The molecule has 218 valence electrons. The number of nitrogens with one attached hydrogen (secondary N) is 1. The van der Waals surface area contributed by atoms with Crippen LogP contribution >= 0.6 is 0 Å². The van der Waals surface area contributed by atoms with E-state index in [9.17, 15) is 20.1 Å². The fraction of sp³-hybridized carbons (Fsp3) is 0.472. The molecular weight excluding hydrogens is 510 g/mol. The number of aliphatic hydroxyl groups is 3. The number of carbonyl (C=O) groups excluding carboxylic acids is 1. The first-order valence-electron chi connectivity index (χ1n) is 15.5. The molecule has 5 rings (SSSR count). The van der Waals surface area contributed by atoms with Crippen molar-refractivity contribution in [3.63, 3.8) is 0 Å². The zero-order valence-electron chi connectivity index (χ0n) is 23.9. The van der Waals surface area contributed by atoms with Gasteiger partial charge in [0, 0.05) is 12.3 Å². The van der Waals surface area contributed by atoms with Crippen LogP contribution in [0.15, 0.2) is 84.9 Å². The van der Waals surface area contributed by atoms with Gasteiger partial charge in [0.25, 0.3) is 0 Å². The maximum atomic E-state index is 13.9. The van der Waals surface area contributed by atoms with E-state index in [4.69, 9.17) is 0 Å². The molecule has 41 heavy (non-hydrogen) atoms. The van der Waals surface area contributed by atoms with Crippen molar-refractivity contribution in [2.45, 2.75) is 88.6 Å². The van der Waals surface area contributed by atoms with Crippen LogP contribution in [0.2, 0.25) is 0 Å². The van der Waals surface area contributed by atoms with Crippen molar-refractivity contribution in [1.82, 2.24) is 5.32 Å². The molecule has 6 atom stereocenters. The molecule has 0 radical (unpaired) electrons. The van der Waals surface area contributed by atoms with Crippen molar-refractivity contribution in [3.05, 3.63) is 107 Å². The third-order valence-corrected chi connectivity index (χ3v) is 9.34. The molecule has 4 N–H and O–H groups in total. The summed E-state index contributed by atoms with van der Waals surface area (Å²) >= 11 is 0. The van der Waals surface area contributed by atoms with E-state index >= 15 is 0 Å². The van der Waals surface area contributed by atoms with Crippen LogP contribution in [0, 0.1) is 17.8 Å². The van der Waals surface area contributed by atoms with E-state index in [0.29, 0.717) is 31.6 Å². The van der Waals surface area contributed by atoms with Gasteiger partial charge in [-0.3, -0.25) is 4.79 Å². The third-order valence-electron chi connectivity index (χ3n) is 9.34. The van der Waals surface area contributed by atoms with E-state index in [1.165, 1.54) is 19.3 Å². The summed E-state index contributed by atoms with van der Waals surface area (Å²) in [5.41, 5.74) is 3.93. The average Bonchev–Trinajstić information content (AvgIpc) is 3.32. The number of benzene rings is 3. The number of amides is 1. The van der Waals surface area contributed by atoms with Crippen LogP contribution < -0.4 is 5.32 Å². The van der Waals surface area contributed by atoms with Crippen molar-refractivity contribution in [3.8, 4) is 0 Å². The Morgan fingerprint density at radius 2 is 1.49 bits per heavy atom. The Kier molecular flexibility index (Phi) is 10.3. The molecule has 1 fully saturated rings. The van der Waals surface area contributed by atoms with Crippen molar-refractivity contribution in [2.24, 2.45) is 17.8 Å². The molecule has 0 heterocycles. The van der Waals surface area contributed by atoms with Crippen LogP contribution in [0.25, 0.3) is 0 Å². The summed E-state index contributed by atoms with van der Waals surface area (Å²) in [4.78, 5) is 13.9. The first-order valence-corrected chi connectivity index (χ1v) is 15.5. The highest BCUT2D eigenvalue weighted by Gasteiger charge is 2.35. The number of hydrogen-bond donors (Lipinski definition) is 4. The van der Waals surface area contributed by atoms with Crippen molar-refractivity contribution in [1.29, 1.82) is 0 Å². The fourth-order valence-corrected chi connectivity index (χ4v) is 7.04. The number of fused-ring (bicyclic) bond motifs is 1. The first kappa shape index (κ1) is 29.5. The van der Waals surface area contributed by atoms with Crippen LogP contribution in [-0.4, -0.2) is 33.4 Å². The maximum Gasteiger partial charge on any atom is 0.224 e. The van der Waals surface area contributed by atoms with Gasteiger partial charge in [-0.15, -0.1) is 0 Å². The highest BCUT2D eigenvalue weighted by Crippen LogP contribution is 2.37. The molecule has 0 aromatic heterocycles. The molecule has 0 aliphatic heterocycles. The average molecular weight is 556 g/mol. The zero-order chi connectivity index (χ0) is 28.6. The highest BCUT2D eigenvalue weighted by molar-refractivity contribution is 5.79. The fourth-order valence-electron chi connectivity index (χ4n) is 7.04. The summed E-state index contributed by atoms with van der Waals surface area (Å²) in [6.45, 7) is 0. The third kappa shape index (κ3) is 7.85. The largest absolute Gasteiger partial charge is 0.393 e. The van der Waals surface area contributed by atoms with Gasteiger partial charge < -0.3 is 20.6 Å². The zero-order valence-corrected chi connectivity index (χ0v) is 23.9. The summed E-state index contributed by atoms with van der Waals surface area (Å²) in [5.74, 6) is -0.182. The van der Waals surface area contributed by atoms with Crippen molar-refractivity contribution >= 4 is 5.91 Å². The second-order valence-electron chi connectivity index (χ2n) is 12.3. The molecule has 5 nitrogen and oxygen atoms in total. The molecule has 2 aliphatic rings. The summed E-state index contributed by atoms with van der Waals surface area (Å²) in [5, 5.41) is 36.9. The Bertz CT molecular complexity index is 1230.